The third-order valence-electron chi connectivity index (χ3n) is 2.21. The number of hydrogen-bond acceptors (Lipinski definition) is 0. The van der Waals surface area contributed by atoms with E-state index in [9.17, 15) is 0 Å². The van der Waals surface area contributed by atoms with Crippen LogP contribution in [0.25, 0.3) is 0 Å². The molecular formula is C10H10Cl2. The molecule has 1 aromatic carbocycles. The maximum Gasteiger partial charge on any atom is 0.0595 e. The van der Waals surface area contributed by atoms with Crippen molar-refractivity contribution >= 4 is 23.2 Å². The smallest absolute Gasteiger partial charge is 0.0595 e. The second kappa shape index (κ2) is 3.27. The Morgan fingerprint density at radius 3 is 2.50 bits per heavy atom. The fourth-order valence-electron chi connectivity index (χ4n) is 1.32. The van der Waals surface area contributed by atoms with Crippen LogP contribution >= 0.6 is 23.2 Å². The fourth-order valence-corrected chi connectivity index (χ4v) is 1.64. The zero-order valence-electron chi connectivity index (χ0n) is 6.69. The van der Waals surface area contributed by atoms with Gasteiger partial charge in [-0.3, -0.25) is 0 Å². The van der Waals surface area contributed by atoms with Crippen LogP contribution in [0.15, 0.2) is 18.2 Å². The van der Waals surface area contributed by atoms with Crippen LogP contribution in [0.1, 0.15) is 18.4 Å². The minimum absolute atomic E-state index is 0.649. The van der Waals surface area contributed by atoms with Gasteiger partial charge < -0.3 is 0 Å². The quantitative estimate of drug-likeness (QED) is 0.679. The van der Waals surface area contributed by atoms with Crippen LogP contribution in [0.2, 0.25) is 10.0 Å². The van der Waals surface area contributed by atoms with Gasteiger partial charge in [-0.1, -0.05) is 29.3 Å². The molecule has 0 atom stereocenters. The van der Waals surface area contributed by atoms with E-state index in [1.165, 1.54) is 18.4 Å². The summed E-state index contributed by atoms with van der Waals surface area (Å²) in [6.45, 7) is 0. The van der Waals surface area contributed by atoms with Gasteiger partial charge in [0.25, 0.3) is 0 Å². The van der Waals surface area contributed by atoms with Gasteiger partial charge >= 0.3 is 0 Å². The molecular weight excluding hydrogens is 191 g/mol. The van der Waals surface area contributed by atoms with Crippen LogP contribution in [0.3, 0.4) is 0 Å². The minimum atomic E-state index is 0.649. The normalized spacial score (nSPS) is 16.5. The predicted octanol–water partition coefficient (Wildman–Crippen LogP) is 3.95. The maximum absolute atomic E-state index is 5.89. The van der Waals surface area contributed by atoms with Gasteiger partial charge in [0.05, 0.1) is 10.0 Å². The molecule has 0 aliphatic heterocycles. The second-order valence-electron chi connectivity index (χ2n) is 3.40. The molecule has 1 aliphatic rings. The van der Waals surface area contributed by atoms with Crippen LogP contribution < -0.4 is 0 Å². The van der Waals surface area contributed by atoms with Crippen LogP contribution in [-0.2, 0) is 6.42 Å². The fraction of sp³-hybridized carbons (Fsp3) is 0.400. The van der Waals surface area contributed by atoms with E-state index in [1.54, 1.807) is 0 Å². The largest absolute Gasteiger partial charge is 0.0827 e. The first-order valence-corrected chi connectivity index (χ1v) is 4.95. The molecule has 12 heavy (non-hydrogen) atoms. The lowest BCUT2D eigenvalue weighted by atomic mass is 10.1. The summed E-state index contributed by atoms with van der Waals surface area (Å²) < 4.78 is 0. The van der Waals surface area contributed by atoms with Crippen molar-refractivity contribution in [2.45, 2.75) is 19.3 Å². The van der Waals surface area contributed by atoms with E-state index in [4.69, 9.17) is 23.2 Å². The van der Waals surface area contributed by atoms with Gasteiger partial charge in [-0.25, -0.2) is 0 Å². The molecule has 0 bridgehead atoms. The second-order valence-corrected chi connectivity index (χ2v) is 4.21. The first-order chi connectivity index (χ1) is 5.75. The molecule has 64 valence electrons. The standard InChI is InChI=1S/C10H10Cl2/c11-9-4-3-8(6-10(9)12)5-7-1-2-7/h3-4,6-7H,1-2,5H2. The Labute approximate surface area is 82.5 Å². The molecule has 1 fully saturated rings. The SMILES string of the molecule is Clc1ccc(CC2CC2)cc1Cl. The number of rotatable bonds is 2. The monoisotopic (exact) mass is 200 g/mol. The Hall–Kier alpha value is -0.200. The Morgan fingerprint density at radius 2 is 1.92 bits per heavy atom. The van der Waals surface area contributed by atoms with Gasteiger partial charge in [-0.05, 0) is 42.9 Å². The molecule has 1 saturated carbocycles. The first-order valence-electron chi connectivity index (χ1n) is 4.19. The third kappa shape index (κ3) is 1.94. The highest BCUT2D eigenvalue weighted by Crippen LogP contribution is 2.33. The van der Waals surface area contributed by atoms with E-state index in [-0.39, 0.29) is 0 Å². The van der Waals surface area contributed by atoms with Gasteiger partial charge in [-0.2, -0.15) is 0 Å². The summed E-state index contributed by atoms with van der Waals surface area (Å²) in [6.07, 6.45) is 3.91. The predicted molar refractivity (Wildman–Crippen MR) is 52.9 cm³/mol. The van der Waals surface area contributed by atoms with Crippen molar-refractivity contribution in [3.63, 3.8) is 0 Å². The molecule has 2 rings (SSSR count). The summed E-state index contributed by atoms with van der Waals surface area (Å²) in [5.41, 5.74) is 1.31. The number of halogens is 2. The van der Waals surface area contributed by atoms with E-state index in [1.807, 2.05) is 12.1 Å². The van der Waals surface area contributed by atoms with Crippen molar-refractivity contribution in [3.05, 3.63) is 33.8 Å². The topological polar surface area (TPSA) is 0 Å². The van der Waals surface area contributed by atoms with Crippen molar-refractivity contribution < 1.29 is 0 Å². The Morgan fingerprint density at radius 1 is 1.17 bits per heavy atom. The highest BCUT2D eigenvalue weighted by Gasteiger charge is 2.21. The van der Waals surface area contributed by atoms with E-state index in [0.29, 0.717) is 10.0 Å². The van der Waals surface area contributed by atoms with Crippen LogP contribution in [0, 0.1) is 5.92 Å². The Balaban J connectivity index is 2.15. The molecule has 0 amide bonds. The molecule has 0 nitrogen and oxygen atoms in total. The first kappa shape index (κ1) is 8.40. The number of benzene rings is 1. The van der Waals surface area contributed by atoms with Crippen molar-refractivity contribution in [2.24, 2.45) is 5.92 Å². The third-order valence-corrected chi connectivity index (χ3v) is 2.94. The summed E-state index contributed by atoms with van der Waals surface area (Å²) in [7, 11) is 0. The van der Waals surface area contributed by atoms with E-state index in [0.717, 1.165) is 12.3 Å². The van der Waals surface area contributed by atoms with Crippen molar-refractivity contribution in [1.82, 2.24) is 0 Å². The highest BCUT2D eigenvalue weighted by molar-refractivity contribution is 6.42. The maximum atomic E-state index is 5.89. The molecule has 0 N–H and O–H groups in total. The average Bonchev–Trinajstić information content (AvgIpc) is 2.81. The van der Waals surface area contributed by atoms with Gasteiger partial charge in [0.2, 0.25) is 0 Å². The summed E-state index contributed by atoms with van der Waals surface area (Å²) >= 11 is 11.7. The zero-order valence-corrected chi connectivity index (χ0v) is 8.20. The minimum Gasteiger partial charge on any atom is -0.0827 e. The molecule has 0 saturated heterocycles. The van der Waals surface area contributed by atoms with Crippen molar-refractivity contribution in [1.29, 1.82) is 0 Å². The van der Waals surface area contributed by atoms with Crippen LogP contribution in [0.4, 0.5) is 0 Å². The molecule has 0 heterocycles. The van der Waals surface area contributed by atoms with Crippen molar-refractivity contribution in [3.8, 4) is 0 Å². The Bertz CT molecular complexity index is 290. The van der Waals surface area contributed by atoms with E-state index >= 15 is 0 Å². The lowest BCUT2D eigenvalue weighted by Gasteiger charge is -2.00. The molecule has 2 heteroatoms. The molecule has 0 spiro atoms. The van der Waals surface area contributed by atoms with Crippen LogP contribution in [0.5, 0.6) is 0 Å². The lowest BCUT2D eigenvalue weighted by molar-refractivity contribution is 0.832. The molecule has 0 unspecified atom stereocenters. The summed E-state index contributed by atoms with van der Waals surface area (Å²) in [5, 5.41) is 1.33. The molecule has 0 aromatic heterocycles. The molecule has 1 aromatic rings. The van der Waals surface area contributed by atoms with Gasteiger partial charge in [0.1, 0.15) is 0 Å². The Kier molecular flexibility index (Phi) is 2.29. The summed E-state index contributed by atoms with van der Waals surface area (Å²) in [4.78, 5) is 0. The molecule has 0 radical (unpaired) electrons. The summed E-state index contributed by atoms with van der Waals surface area (Å²) in [5.74, 6) is 0.905. The molecule has 1 aliphatic carbocycles. The average molecular weight is 201 g/mol. The van der Waals surface area contributed by atoms with Gasteiger partial charge in [0.15, 0.2) is 0 Å². The van der Waals surface area contributed by atoms with Gasteiger partial charge in [-0.15, -0.1) is 0 Å². The lowest BCUT2D eigenvalue weighted by Crippen LogP contribution is -1.86. The highest BCUT2D eigenvalue weighted by atomic mass is 35.5. The van der Waals surface area contributed by atoms with Crippen LogP contribution in [-0.4, -0.2) is 0 Å². The zero-order chi connectivity index (χ0) is 8.55. The summed E-state index contributed by atoms with van der Waals surface area (Å²) in [6, 6.07) is 5.91. The number of hydrogen-bond donors (Lipinski definition) is 0. The van der Waals surface area contributed by atoms with E-state index < -0.39 is 0 Å². The van der Waals surface area contributed by atoms with E-state index in [2.05, 4.69) is 6.07 Å². The van der Waals surface area contributed by atoms with Crippen molar-refractivity contribution in [2.75, 3.05) is 0 Å². The van der Waals surface area contributed by atoms with Gasteiger partial charge in [0, 0.05) is 0 Å².